The third kappa shape index (κ3) is 4.03. The van der Waals surface area contributed by atoms with Crippen LogP contribution in [0.1, 0.15) is 45.2 Å². The number of carbonyl (C=O) groups is 2. The molecule has 5 heteroatoms. The molecule has 1 fully saturated rings. The van der Waals surface area contributed by atoms with Crippen LogP contribution >= 0.6 is 0 Å². The molecule has 0 bridgehead atoms. The zero-order valence-corrected chi connectivity index (χ0v) is 17.0. The molecule has 1 aliphatic rings. The first kappa shape index (κ1) is 19.9. The van der Waals surface area contributed by atoms with Gasteiger partial charge in [-0.15, -0.1) is 0 Å². The van der Waals surface area contributed by atoms with E-state index in [0.717, 1.165) is 5.75 Å². The van der Waals surface area contributed by atoms with Crippen LogP contribution < -0.4 is 10.1 Å². The highest BCUT2D eigenvalue weighted by Gasteiger charge is 2.43. The number of carbonyl (C=O) groups excluding carboxylic acids is 2. The largest absolute Gasteiger partial charge is 0.494 e. The van der Waals surface area contributed by atoms with Crippen molar-refractivity contribution in [2.24, 2.45) is 0 Å². The standard InChI is InChI=1S/C23H28N2O3/c1-22(2,17-9-6-5-7-10-17)18-11-13-19(14-12-18)28-16-8-15-25-20(26)23(3,4)24-21(25)27/h5-7,9-14H,8,15-16H2,1-4H3,(H,24,27). The Morgan fingerprint density at radius 1 is 0.964 bits per heavy atom. The van der Waals surface area contributed by atoms with Crippen LogP contribution in [0.25, 0.3) is 0 Å². The summed E-state index contributed by atoms with van der Waals surface area (Å²) in [6.45, 7) is 8.63. The van der Waals surface area contributed by atoms with Gasteiger partial charge in [-0.3, -0.25) is 9.69 Å². The van der Waals surface area contributed by atoms with E-state index >= 15 is 0 Å². The van der Waals surface area contributed by atoms with Crippen LogP contribution in [-0.4, -0.2) is 35.5 Å². The normalized spacial score (nSPS) is 16.2. The predicted octanol–water partition coefficient (Wildman–Crippen LogP) is 4.11. The van der Waals surface area contributed by atoms with Gasteiger partial charge in [-0.1, -0.05) is 56.3 Å². The lowest BCUT2D eigenvalue weighted by Gasteiger charge is -2.26. The van der Waals surface area contributed by atoms with E-state index in [4.69, 9.17) is 4.74 Å². The zero-order valence-electron chi connectivity index (χ0n) is 17.0. The topological polar surface area (TPSA) is 58.6 Å². The number of nitrogens with one attached hydrogen (secondary N) is 1. The maximum atomic E-state index is 12.2. The molecule has 1 aliphatic heterocycles. The van der Waals surface area contributed by atoms with Crippen molar-refractivity contribution in [3.05, 3.63) is 65.7 Å². The van der Waals surface area contributed by atoms with Gasteiger partial charge in [-0.2, -0.15) is 0 Å². The molecular weight excluding hydrogens is 352 g/mol. The van der Waals surface area contributed by atoms with E-state index in [0.29, 0.717) is 19.6 Å². The summed E-state index contributed by atoms with van der Waals surface area (Å²) in [4.78, 5) is 25.3. The van der Waals surface area contributed by atoms with Crippen molar-refractivity contribution in [1.29, 1.82) is 0 Å². The first-order chi connectivity index (χ1) is 13.2. The Balaban J connectivity index is 1.53. The maximum Gasteiger partial charge on any atom is 0.325 e. The molecule has 2 aromatic rings. The van der Waals surface area contributed by atoms with E-state index in [1.165, 1.54) is 16.0 Å². The Kier molecular flexibility index (Phi) is 5.45. The maximum absolute atomic E-state index is 12.2. The quantitative estimate of drug-likeness (QED) is 0.581. The minimum atomic E-state index is -0.820. The van der Waals surface area contributed by atoms with Gasteiger partial charge in [0.1, 0.15) is 11.3 Å². The molecule has 0 radical (unpaired) electrons. The third-order valence-corrected chi connectivity index (χ3v) is 5.31. The fourth-order valence-corrected chi connectivity index (χ4v) is 3.42. The van der Waals surface area contributed by atoms with Gasteiger partial charge in [0.05, 0.1) is 6.61 Å². The van der Waals surface area contributed by atoms with Crippen molar-refractivity contribution in [3.8, 4) is 5.75 Å². The number of amides is 3. The third-order valence-electron chi connectivity index (χ3n) is 5.31. The van der Waals surface area contributed by atoms with Crippen LogP contribution in [0.15, 0.2) is 54.6 Å². The Morgan fingerprint density at radius 2 is 1.57 bits per heavy atom. The molecule has 3 rings (SSSR count). The predicted molar refractivity (Wildman–Crippen MR) is 109 cm³/mol. The number of nitrogens with zero attached hydrogens (tertiary/aromatic N) is 1. The number of ether oxygens (including phenoxy) is 1. The minimum absolute atomic E-state index is 0.0872. The number of benzene rings is 2. The summed E-state index contributed by atoms with van der Waals surface area (Å²) < 4.78 is 5.79. The molecule has 0 saturated carbocycles. The van der Waals surface area contributed by atoms with Crippen LogP contribution in [0, 0.1) is 0 Å². The van der Waals surface area contributed by atoms with Gasteiger partial charge in [0, 0.05) is 12.0 Å². The molecule has 3 amide bonds. The highest BCUT2D eigenvalue weighted by atomic mass is 16.5. The van der Waals surface area contributed by atoms with Gasteiger partial charge in [0.15, 0.2) is 0 Å². The highest BCUT2D eigenvalue weighted by Crippen LogP contribution is 2.32. The molecule has 1 N–H and O–H groups in total. The highest BCUT2D eigenvalue weighted by molar-refractivity contribution is 6.06. The SMILES string of the molecule is CC1(C)NC(=O)N(CCCOc2ccc(C(C)(C)c3ccccc3)cc2)C1=O. The van der Waals surface area contributed by atoms with Crippen LogP contribution in [0.2, 0.25) is 0 Å². The van der Waals surface area contributed by atoms with E-state index in [2.05, 4.69) is 55.6 Å². The zero-order chi connectivity index (χ0) is 20.4. The van der Waals surface area contributed by atoms with Gasteiger partial charge in [0.2, 0.25) is 0 Å². The Bertz CT molecular complexity index is 842. The summed E-state index contributed by atoms with van der Waals surface area (Å²) in [7, 11) is 0. The van der Waals surface area contributed by atoms with Gasteiger partial charge in [0.25, 0.3) is 5.91 Å². The van der Waals surface area contributed by atoms with Crippen LogP contribution in [0.4, 0.5) is 4.79 Å². The fraction of sp³-hybridized carbons (Fsp3) is 0.391. The van der Waals surface area contributed by atoms with Crippen LogP contribution in [0.3, 0.4) is 0 Å². The van der Waals surface area contributed by atoms with Gasteiger partial charge < -0.3 is 10.1 Å². The molecule has 0 spiro atoms. The Morgan fingerprint density at radius 3 is 2.14 bits per heavy atom. The second kappa shape index (κ2) is 7.66. The van der Waals surface area contributed by atoms with Crippen LogP contribution in [0.5, 0.6) is 5.75 Å². The lowest BCUT2D eigenvalue weighted by Crippen LogP contribution is -2.40. The first-order valence-corrected chi connectivity index (χ1v) is 9.65. The number of rotatable bonds is 7. The summed E-state index contributed by atoms with van der Waals surface area (Å²) in [6, 6.07) is 18.2. The average molecular weight is 380 g/mol. The van der Waals surface area contributed by atoms with Crippen molar-refractivity contribution < 1.29 is 14.3 Å². The molecule has 5 nitrogen and oxygen atoms in total. The summed E-state index contributed by atoms with van der Waals surface area (Å²) in [5.41, 5.74) is 1.57. The molecule has 1 heterocycles. The van der Waals surface area contributed by atoms with Gasteiger partial charge >= 0.3 is 6.03 Å². The van der Waals surface area contributed by atoms with E-state index in [-0.39, 0.29) is 17.4 Å². The Hall–Kier alpha value is -2.82. The summed E-state index contributed by atoms with van der Waals surface area (Å²) in [6.07, 6.45) is 0.590. The molecule has 0 atom stereocenters. The summed E-state index contributed by atoms with van der Waals surface area (Å²) >= 11 is 0. The molecule has 28 heavy (non-hydrogen) atoms. The van der Waals surface area contributed by atoms with Gasteiger partial charge in [-0.05, 0) is 43.5 Å². The lowest BCUT2D eigenvalue weighted by atomic mass is 9.78. The van der Waals surface area contributed by atoms with Crippen LogP contribution in [-0.2, 0) is 10.2 Å². The monoisotopic (exact) mass is 380 g/mol. The first-order valence-electron chi connectivity index (χ1n) is 9.65. The number of hydrogen-bond donors (Lipinski definition) is 1. The summed E-state index contributed by atoms with van der Waals surface area (Å²) in [5.74, 6) is 0.593. The average Bonchev–Trinajstić information content (AvgIpc) is 2.87. The summed E-state index contributed by atoms with van der Waals surface area (Å²) in [5, 5.41) is 2.68. The minimum Gasteiger partial charge on any atom is -0.494 e. The van der Waals surface area contributed by atoms with Crippen molar-refractivity contribution in [3.63, 3.8) is 0 Å². The fourth-order valence-electron chi connectivity index (χ4n) is 3.42. The molecule has 148 valence electrons. The van der Waals surface area contributed by atoms with E-state index < -0.39 is 5.54 Å². The number of urea groups is 1. The van der Waals surface area contributed by atoms with E-state index in [1.54, 1.807) is 13.8 Å². The molecule has 0 unspecified atom stereocenters. The molecular formula is C23H28N2O3. The van der Waals surface area contributed by atoms with Crippen molar-refractivity contribution in [2.75, 3.05) is 13.2 Å². The second-order valence-electron chi connectivity index (χ2n) is 8.23. The van der Waals surface area contributed by atoms with Crippen molar-refractivity contribution >= 4 is 11.9 Å². The lowest BCUT2D eigenvalue weighted by molar-refractivity contribution is -0.130. The molecule has 1 saturated heterocycles. The molecule has 0 aromatic heterocycles. The van der Waals surface area contributed by atoms with Crippen molar-refractivity contribution in [1.82, 2.24) is 10.2 Å². The van der Waals surface area contributed by atoms with E-state index in [1.807, 2.05) is 18.2 Å². The van der Waals surface area contributed by atoms with Crippen molar-refractivity contribution in [2.45, 2.75) is 45.1 Å². The number of imide groups is 1. The van der Waals surface area contributed by atoms with Gasteiger partial charge in [-0.25, -0.2) is 4.79 Å². The number of hydrogen-bond acceptors (Lipinski definition) is 3. The smallest absolute Gasteiger partial charge is 0.325 e. The molecule has 0 aliphatic carbocycles. The van der Waals surface area contributed by atoms with E-state index in [9.17, 15) is 9.59 Å². The molecule has 2 aromatic carbocycles. The Labute approximate surface area is 166 Å². The second-order valence-corrected chi connectivity index (χ2v) is 8.23.